The van der Waals surface area contributed by atoms with E-state index in [-0.39, 0.29) is 4.90 Å². The van der Waals surface area contributed by atoms with Gasteiger partial charge in [-0.1, -0.05) is 0 Å². The molecule has 7 heteroatoms. The van der Waals surface area contributed by atoms with Gasteiger partial charge in [-0.15, -0.1) is 0 Å². The number of nitrogens with zero attached hydrogens (tertiary/aromatic N) is 1. The highest BCUT2D eigenvalue weighted by Gasteiger charge is 2.21. The summed E-state index contributed by atoms with van der Waals surface area (Å²) >= 11 is 0. The Balaban J connectivity index is 2.18. The number of methoxy groups -OCH3 is 1. The fourth-order valence-corrected chi connectivity index (χ4v) is 2.88. The molecule has 19 heavy (non-hydrogen) atoms. The lowest BCUT2D eigenvalue weighted by Gasteiger charge is -2.33. The van der Waals surface area contributed by atoms with Gasteiger partial charge in [0.1, 0.15) is 0 Å². The SMILES string of the molecule is COC1CCN(c2ccc(S(N)(=O)=O)cc2N)CC1. The van der Waals surface area contributed by atoms with Gasteiger partial charge < -0.3 is 15.4 Å². The maximum absolute atomic E-state index is 11.2. The van der Waals surface area contributed by atoms with Gasteiger partial charge in [-0.3, -0.25) is 0 Å². The average Bonchev–Trinajstić information content (AvgIpc) is 2.38. The van der Waals surface area contributed by atoms with E-state index in [4.69, 9.17) is 15.6 Å². The topological polar surface area (TPSA) is 98.6 Å². The highest BCUT2D eigenvalue weighted by Crippen LogP contribution is 2.28. The number of primary sulfonamides is 1. The van der Waals surface area contributed by atoms with E-state index >= 15 is 0 Å². The van der Waals surface area contributed by atoms with Crippen LogP contribution >= 0.6 is 0 Å². The smallest absolute Gasteiger partial charge is 0.238 e. The van der Waals surface area contributed by atoms with Gasteiger partial charge in [0.2, 0.25) is 10.0 Å². The van der Waals surface area contributed by atoms with Crippen molar-refractivity contribution in [3.05, 3.63) is 18.2 Å². The molecule has 1 aromatic carbocycles. The number of piperidine rings is 1. The molecule has 0 amide bonds. The van der Waals surface area contributed by atoms with Crippen LogP contribution in [0.4, 0.5) is 11.4 Å². The van der Waals surface area contributed by atoms with Crippen LogP contribution in [0.5, 0.6) is 0 Å². The van der Waals surface area contributed by atoms with E-state index in [9.17, 15) is 8.42 Å². The zero-order valence-corrected chi connectivity index (χ0v) is 11.7. The van der Waals surface area contributed by atoms with Crippen LogP contribution in [0.25, 0.3) is 0 Å². The molecule has 1 heterocycles. The molecule has 0 aromatic heterocycles. The van der Waals surface area contributed by atoms with Gasteiger partial charge in [0.25, 0.3) is 0 Å². The van der Waals surface area contributed by atoms with Crippen LogP contribution in [-0.4, -0.2) is 34.7 Å². The van der Waals surface area contributed by atoms with Crippen molar-refractivity contribution in [1.82, 2.24) is 0 Å². The molecule has 0 spiro atoms. The minimum Gasteiger partial charge on any atom is -0.397 e. The second-order valence-corrected chi connectivity index (χ2v) is 6.25. The maximum Gasteiger partial charge on any atom is 0.238 e. The lowest BCUT2D eigenvalue weighted by molar-refractivity contribution is 0.0819. The molecule has 1 saturated heterocycles. The van der Waals surface area contributed by atoms with Crippen LogP contribution in [0.1, 0.15) is 12.8 Å². The van der Waals surface area contributed by atoms with E-state index in [1.54, 1.807) is 13.2 Å². The second kappa shape index (κ2) is 5.36. The molecule has 1 aliphatic heterocycles. The van der Waals surface area contributed by atoms with Gasteiger partial charge in [0.15, 0.2) is 0 Å². The maximum atomic E-state index is 11.2. The van der Waals surface area contributed by atoms with Gasteiger partial charge in [-0.25, -0.2) is 13.6 Å². The van der Waals surface area contributed by atoms with Crippen molar-refractivity contribution >= 4 is 21.4 Å². The Hall–Kier alpha value is -1.31. The number of ether oxygens (including phenoxy) is 1. The van der Waals surface area contributed by atoms with Crippen LogP contribution in [0.15, 0.2) is 23.1 Å². The van der Waals surface area contributed by atoms with Crippen molar-refractivity contribution in [1.29, 1.82) is 0 Å². The van der Waals surface area contributed by atoms with E-state index < -0.39 is 10.0 Å². The normalized spacial score (nSPS) is 17.7. The van der Waals surface area contributed by atoms with E-state index in [0.717, 1.165) is 31.6 Å². The van der Waals surface area contributed by atoms with Crippen molar-refractivity contribution < 1.29 is 13.2 Å². The minimum atomic E-state index is -3.70. The summed E-state index contributed by atoms with van der Waals surface area (Å²) in [6, 6.07) is 4.61. The first kappa shape index (κ1) is 14.1. The lowest BCUT2D eigenvalue weighted by Crippen LogP contribution is -2.37. The van der Waals surface area contributed by atoms with Crippen LogP contribution in [-0.2, 0) is 14.8 Å². The van der Waals surface area contributed by atoms with Crippen molar-refractivity contribution in [2.24, 2.45) is 5.14 Å². The van der Waals surface area contributed by atoms with Gasteiger partial charge >= 0.3 is 0 Å². The summed E-state index contributed by atoms with van der Waals surface area (Å²) in [6.45, 7) is 1.69. The second-order valence-electron chi connectivity index (χ2n) is 4.69. The van der Waals surface area contributed by atoms with Crippen LogP contribution in [0.2, 0.25) is 0 Å². The first-order valence-corrected chi connectivity index (χ1v) is 7.66. The fourth-order valence-electron chi connectivity index (χ4n) is 2.33. The van der Waals surface area contributed by atoms with E-state index in [2.05, 4.69) is 4.90 Å². The van der Waals surface area contributed by atoms with Crippen LogP contribution < -0.4 is 15.8 Å². The van der Waals surface area contributed by atoms with Gasteiger partial charge in [0.05, 0.1) is 22.4 Å². The van der Waals surface area contributed by atoms with Crippen molar-refractivity contribution in [2.75, 3.05) is 30.8 Å². The summed E-state index contributed by atoms with van der Waals surface area (Å²) < 4.78 is 27.8. The number of hydrogen-bond donors (Lipinski definition) is 2. The number of anilines is 2. The first-order chi connectivity index (χ1) is 8.91. The van der Waals surface area contributed by atoms with Crippen LogP contribution in [0.3, 0.4) is 0 Å². The number of benzene rings is 1. The summed E-state index contributed by atoms with van der Waals surface area (Å²) in [4.78, 5) is 2.18. The summed E-state index contributed by atoms with van der Waals surface area (Å²) in [5.41, 5.74) is 7.20. The summed E-state index contributed by atoms with van der Waals surface area (Å²) in [5.74, 6) is 0. The first-order valence-electron chi connectivity index (χ1n) is 6.12. The third-order valence-electron chi connectivity index (χ3n) is 3.44. The Kier molecular flexibility index (Phi) is 3.98. The number of nitrogens with two attached hydrogens (primary N) is 2. The molecule has 0 unspecified atom stereocenters. The molecular weight excluding hydrogens is 266 g/mol. The van der Waals surface area contributed by atoms with Gasteiger partial charge in [0, 0.05) is 20.2 Å². The number of hydrogen-bond acceptors (Lipinski definition) is 5. The third-order valence-corrected chi connectivity index (χ3v) is 4.35. The lowest BCUT2D eigenvalue weighted by atomic mass is 10.1. The van der Waals surface area contributed by atoms with E-state index in [1.165, 1.54) is 12.1 Å². The predicted molar refractivity (Wildman–Crippen MR) is 74.5 cm³/mol. The third kappa shape index (κ3) is 3.17. The Labute approximate surface area is 113 Å². The van der Waals surface area contributed by atoms with Crippen LogP contribution in [0, 0.1) is 0 Å². The largest absolute Gasteiger partial charge is 0.397 e. The predicted octanol–water partition coefficient (Wildman–Crippen LogP) is 0.531. The molecule has 4 N–H and O–H groups in total. The summed E-state index contributed by atoms with van der Waals surface area (Å²) in [7, 11) is -1.99. The highest BCUT2D eigenvalue weighted by molar-refractivity contribution is 7.89. The van der Waals surface area contributed by atoms with Crippen molar-refractivity contribution in [2.45, 2.75) is 23.8 Å². The summed E-state index contributed by atoms with van der Waals surface area (Å²) in [5, 5.41) is 5.08. The van der Waals surface area contributed by atoms with Gasteiger partial charge in [-0.2, -0.15) is 0 Å². The Morgan fingerprint density at radius 2 is 1.95 bits per heavy atom. The monoisotopic (exact) mass is 285 g/mol. The highest BCUT2D eigenvalue weighted by atomic mass is 32.2. The molecule has 0 saturated carbocycles. The Morgan fingerprint density at radius 3 is 2.42 bits per heavy atom. The average molecular weight is 285 g/mol. The molecule has 6 nitrogen and oxygen atoms in total. The number of rotatable bonds is 3. The molecular formula is C12H19N3O3S. The Morgan fingerprint density at radius 1 is 1.32 bits per heavy atom. The minimum absolute atomic E-state index is 0.0422. The van der Waals surface area contributed by atoms with Crippen molar-refractivity contribution in [3.8, 4) is 0 Å². The molecule has 2 rings (SSSR count). The Bertz CT molecular complexity index is 551. The fraction of sp³-hybridized carbons (Fsp3) is 0.500. The zero-order valence-electron chi connectivity index (χ0n) is 10.9. The van der Waals surface area contributed by atoms with E-state index in [1.807, 2.05) is 0 Å². The molecule has 1 aliphatic rings. The molecule has 0 radical (unpaired) electrons. The van der Waals surface area contributed by atoms with E-state index in [0.29, 0.717) is 11.8 Å². The zero-order chi connectivity index (χ0) is 14.0. The van der Waals surface area contributed by atoms with Gasteiger partial charge in [-0.05, 0) is 31.0 Å². The molecule has 0 bridgehead atoms. The molecule has 1 aromatic rings. The molecule has 0 aliphatic carbocycles. The molecule has 1 fully saturated rings. The quantitative estimate of drug-likeness (QED) is 0.789. The standard InChI is InChI=1S/C12H19N3O3S/c1-18-9-4-6-15(7-5-9)12-3-2-10(8-11(12)13)19(14,16)17/h2-3,8-9H,4-7,13H2,1H3,(H2,14,16,17). The molecule has 0 atom stereocenters. The molecule has 106 valence electrons. The summed E-state index contributed by atoms with van der Waals surface area (Å²) in [6.07, 6.45) is 2.17. The number of nitrogen functional groups attached to an aromatic ring is 1. The number of sulfonamides is 1. The van der Waals surface area contributed by atoms with Crippen molar-refractivity contribution in [3.63, 3.8) is 0 Å².